The van der Waals surface area contributed by atoms with Crippen molar-refractivity contribution in [2.45, 2.75) is 217 Å². The molecule has 0 bridgehead atoms. The Morgan fingerprint density at radius 2 is 1.41 bits per heavy atom. The molecule has 3 unspecified atom stereocenters. The normalized spacial score (nSPS) is 18.5. The first kappa shape index (κ1) is 66.1. The lowest BCUT2D eigenvalue weighted by Crippen LogP contribution is -2.58. The lowest BCUT2D eigenvalue weighted by Gasteiger charge is -2.42. The zero-order chi connectivity index (χ0) is 51.8. The van der Waals surface area contributed by atoms with E-state index in [1.54, 1.807) is 23.0 Å². The Morgan fingerprint density at radius 3 is 1.86 bits per heavy atom. The molecule has 4 N–H and O–H groups in total. The number of hydrogen-bond acceptors (Lipinski definition) is 7. The van der Waals surface area contributed by atoms with Gasteiger partial charge >= 0.3 is 0 Å². The van der Waals surface area contributed by atoms with Gasteiger partial charge in [-0.3, -0.25) is 14.4 Å². The Labute approximate surface area is 407 Å². The molecule has 9 heteroatoms. The smallest absolute Gasteiger partial charge is 0.289 e. The van der Waals surface area contributed by atoms with Crippen molar-refractivity contribution < 1.29 is 19.2 Å². The van der Waals surface area contributed by atoms with Gasteiger partial charge < -0.3 is 31.0 Å². The Balaban J connectivity index is -0.00000149. The number of likely N-dealkylation sites (tertiary alicyclic amines) is 1. The van der Waals surface area contributed by atoms with Crippen molar-refractivity contribution in [2.75, 3.05) is 13.1 Å². The highest BCUT2D eigenvalue weighted by Gasteiger charge is 2.44. The summed E-state index contributed by atoms with van der Waals surface area (Å²) in [5.41, 5.74) is 3.73. The molecule has 2 aliphatic carbocycles. The van der Waals surface area contributed by atoms with Crippen LogP contribution in [0.5, 0.6) is 0 Å². The zero-order valence-electron chi connectivity index (χ0n) is 45.5. The average Bonchev–Trinajstić information content (AvgIpc) is 3.68. The van der Waals surface area contributed by atoms with E-state index in [1.165, 1.54) is 51.0 Å². The molecule has 1 saturated carbocycles. The van der Waals surface area contributed by atoms with Gasteiger partial charge in [0.2, 0.25) is 11.7 Å². The molecule has 3 rings (SSSR count). The van der Waals surface area contributed by atoms with E-state index in [9.17, 15) is 19.2 Å². The highest BCUT2D eigenvalue weighted by atomic mass is 16.2. The third-order valence-electron chi connectivity index (χ3n) is 11.3. The van der Waals surface area contributed by atoms with Gasteiger partial charge in [0.25, 0.3) is 5.91 Å². The summed E-state index contributed by atoms with van der Waals surface area (Å²) < 4.78 is 0. The van der Waals surface area contributed by atoms with Gasteiger partial charge in [-0.2, -0.15) is 0 Å². The van der Waals surface area contributed by atoms with Crippen molar-refractivity contribution in [3.8, 4) is 0 Å². The van der Waals surface area contributed by atoms with Gasteiger partial charge in [-0.05, 0) is 106 Å². The molecular weight excluding hydrogens is 819 g/mol. The van der Waals surface area contributed by atoms with Crippen LogP contribution >= 0.6 is 0 Å². The lowest BCUT2D eigenvalue weighted by atomic mass is 9.79. The molecule has 0 radical (unpaired) electrons. The number of rotatable bonds is 19. The van der Waals surface area contributed by atoms with Crippen LogP contribution in [-0.2, 0) is 19.2 Å². The van der Waals surface area contributed by atoms with Crippen LogP contribution in [-0.4, -0.2) is 65.0 Å². The second-order valence-electron chi connectivity index (χ2n) is 20.8. The van der Waals surface area contributed by atoms with Crippen molar-refractivity contribution in [3.05, 3.63) is 86.9 Å². The Kier molecular flexibility index (Phi) is 35.1. The van der Waals surface area contributed by atoms with Crippen LogP contribution in [0.1, 0.15) is 194 Å². The third kappa shape index (κ3) is 27.5. The maximum absolute atomic E-state index is 14.4. The van der Waals surface area contributed by atoms with Crippen molar-refractivity contribution >= 4 is 23.4 Å². The van der Waals surface area contributed by atoms with Crippen molar-refractivity contribution in [1.82, 2.24) is 26.2 Å². The molecule has 2 fully saturated rings. The predicted octanol–water partition coefficient (Wildman–Crippen LogP) is 13.3. The van der Waals surface area contributed by atoms with Gasteiger partial charge in [-0.1, -0.05) is 146 Å². The summed E-state index contributed by atoms with van der Waals surface area (Å²) >= 11 is 0. The third-order valence-corrected chi connectivity index (χ3v) is 11.3. The van der Waals surface area contributed by atoms with E-state index in [1.807, 2.05) is 48.5 Å². The molecule has 0 aromatic heterocycles. The first-order chi connectivity index (χ1) is 30.9. The molecule has 1 saturated heterocycles. The summed E-state index contributed by atoms with van der Waals surface area (Å²) in [7, 11) is 0. The van der Waals surface area contributed by atoms with Crippen molar-refractivity contribution in [2.24, 2.45) is 22.7 Å². The number of Topliss-reactive ketones (excluding diaryl/α,β-unsaturated/α-hetero) is 2. The largest absolute Gasteiger partial charge is 0.377 e. The number of hydrogen-bond donors (Lipinski definition) is 4. The summed E-state index contributed by atoms with van der Waals surface area (Å²) in [6.45, 7) is 55.8. The number of nitrogens with zero attached hydrogens (tertiary/aromatic N) is 1. The standard InChI is InChI=1S/C35H59N5O4.C11H18.C5H12.C2H6.2C2H4/c1-11-18-36-32(43)30(42)28(19-23(3)4)37-25(6)29-21-27(20-24(5)41)22-40(29)33(44)31(34(8,9)10)38-26(7)39-35(12-2)16-14-13-15-17-35;1-3-4-8-11-9-6-5-7-10(11)2;1-5(2,3)4;3*1-2/h11,23,27-29,31,37-39H,1,6-7,12-22H2,2-5,8-10H3,(H,36,43);4,8H,3,5-7,9H2,1-2H3;1-4H3;1-2H3;2*1-2H2/b;8-4-;;;;/t27-,28?,29?,31?;;;;;/m1...../s1. The zero-order valence-corrected chi connectivity index (χ0v) is 45.5. The van der Waals surface area contributed by atoms with E-state index in [2.05, 4.69) is 128 Å². The maximum Gasteiger partial charge on any atom is 0.289 e. The van der Waals surface area contributed by atoms with E-state index >= 15 is 0 Å². The van der Waals surface area contributed by atoms with Crippen LogP contribution in [0.4, 0.5) is 0 Å². The lowest BCUT2D eigenvalue weighted by molar-refractivity contribution is -0.139. The number of carbonyl (C=O) groups is 4. The molecule has 1 heterocycles. The van der Waals surface area contributed by atoms with Gasteiger partial charge in [0.1, 0.15) is 11.8 Å². The highest BCUT2D eigenvalue weighted by molar-refractivity contribution is 6.38. The molecule has 380 valence electrons. The molecule has 9 nitrogen and oxygen atoms in total. The number of amides is 2. The van der Waals surface area contributed by atoms with Crippen molar-refractivity contribution in [1.29, 1.82) is 0 Å². The molecule has 0 aromatic rings. The fourth-order valence-electron chi connectivity index (χ4n) is 8.19. The first-order valence-electron chi connectivity index (χ1n) is 25.1. The minimum absolute atomic E-state index is 0.0231. The Morgan fingerprint density at radius 1 is 0.864 bits per heavy atom. The SMILES string of the molecule is C=C.C=C.C=CCNC(=O)C(=O)C(CC(C)C)NC(=C)C1C[C@@H](CC(C)=O)CN1C(=O)C(NC(=C)NC1(CC)CCCCC1)C(C)(C)C.CC.CC(C)(C)C.CC/C=C\C1=C(C)CCCC1. The Hall–Kier alpha value is -4.14. The van der Waals surface area contributed by atoms with E-state index in [-0.39, 0.29) is 35.6 Å². The van der Waals surface area contributed by atoms with Crippen LogP contribution in [0.2, 0.25) is 0 Å². The minimum Gasteiger partial charge on any atom is -0.377 e. The average molecular weight is 922 g/mol. The van der Waals surface area contributed by atoms with E-state index in [0.717, 1.165) is 25.7 Å². The summed E-state index contributed by atoms with van der Waals surface area (Å²) in [6, 6.07) is -1.83. The minimum atomic E-state index is -0.794. The number of nitrogens with one attached hydrogen (secondary N) is 4. The summed E-state index contributed by atoms with van der Waals surface area (Å²) in [6.07, 6.45) is 20.7. The molecule has 2 amide bonds. The molecule has 1 aliphatic heterocycles. The molecule has 4 atom stereocenters. The van der Waals surface area contributed by atoms with E-state index in [4.69, 9.17) is 0 Å². The second kappa shape index (κ2) is 35.1. The van der Waals surface area contributed by atoms with Gasteiger partial charge in [0.05, 0.1) is 17.9 Å². The van der Waals surface area contributed by atoms with Crippen LogP contribution < -0.4 is 21.3 Å². The molecule has 3 aliphatic rings. The topological polar surface area (TPSA) is 120 Å². The number of allylic oxidation sites excluding steroid dienone is 4. The quantitative estimate of drug-likeness (QED) is 0.0752. The predicted molar refractivity (Wildman–Crippen MR) is 287 cm³/mol. The first-order valence-corrected chi connectivity index (χ1v) is 25.1. The monoisotopic (exact) mass is 922 g/mol. The molecule has 0 spiro atoms. The molecule has 0 aromatic carbocycles. The number of carbonyl (C=O) groups excluding carboxylic acids is 4. The van der Waals surface area contributed by atoms with Gasteiger partial charge in [-0.15, -0.1) is 32.9 Å². The van der Waals surface area contributed by atoms with Gasteiger partial charge in [0.15, 0.2) is 0 Å². The summed E-state index contributed by atoms with van der Waals surface area (Å²) in [5, 5.41) is 12.9. The molecular formula is C57H103N5O4. The summed E-state index contributed by atoms with van der Waals surface area (Å²) in [5.74, 6) is -0.576. The molecule has 66 heavy (non-hydrogen) atoms. The van der Waals surface area contributed by atoms with E-state index < -0.39 is 35.2 Å². The van der Waals surface area contributed by atoms with Crippen LogP contribution in [0.3, 0.4) is 0 Å². The number of ketones is 2. The van der Waals surface area contributed by atoms with Gasteiger partial charge in [-0.25, -0.2) is 0 Å². The van der Waals surface area contributed by atoms with Crippen LogP contribution in [0.15, 0.2) is 86.9 Å². The Bertz CT molecular complexity index is 1510. The summed E-state index contributed by atoms with van der Waals surface area (Å²) in [4.78, 5) is 54.0. The van der Waals surface area contributed by atoms with Crippen LogP contribution in [0, 0.1) is 22.7 Å². The highest BCUT2D eigenvalue weighted by Crippen LogP contribution is 2.34. The fourth-order valence-corrected chi connectivity index (χ4v) is 8.19. The fraction of sp³-hybridized carbons (Fsp3) is 0.684. The van der Waals surface area contributed by atoms with E-state index in [0.29, 0.717) is 42.7 Å². The van der Waals surface area contributed by atoms with Crippen LogP contribution in [0.25, 0.3) is 0 Å². The van der Waals surface area contributed by atoms with Crippen molar-refractivity contribution in [3.63, 3.8) is 0 Å². The second-order valence-corrected chi connectivity index (χ2v) is 20.8. The maximum atomic E-state index is 14.4. The van der Waals surface area contributed by atoms with Gasteiger partial charge in [0, 0.05) is 30.7 Å².